The Balaban J connectivity index is 1.27. The Kier molecular flexibility index (Phi) is 5.77. The van der Waals surface area contributed by atoms with Gasteiger partial charge in [-0.05, 0) is 37.3 Å². The molecule has 1 aliphatic carbocycles. The standard InChI is InChI=1S/C28H27F2N5O3/c1-17-9-24-34(13-18(2)35(24)14-19-5-3-4-6-23(19)38-26(29)30)15-22(17)20-11-31-27(32-12-20)33-8-7-21-10-28(21,16-33)25(36)37/h3-6,9,11-13,15,21,26H,7-8,10,14,16H2,1-2H3/p+1. The number of halogens is 2. The van der Waals surface area contributed by atoms with Crippen molar-refractivity contribution in [2.45, 2.75) is 39.8 Å². The number of carbonyl (C=O) groups is 1. The summed E-state index contributed by atoms with van der Waals surface area (Å²) in [6.45, 7) is 2.70. The zero-order chi connectivity index (χ0) is 26.6. The van der Waals surface area contributed by atoms with E-state index in [0.29, 0.717) is 24.6 Å². The number of nitrogens with zero attached hydrogens (tertiary/aromatic N) is 5. The molecule has 1 aromatic carbocycles. The van der Waals surface area contributed by atoms with Crippen molar-refractivity contribution >= 4 is 17.6 Å². The maximum absolute atomic E-state index is 12.9. The van der Waals surface area contributed by atoms with E-state index < -0.39 is 18.0 Å². The molecule has 4 aromatic rings. The van der Waals surface area contributed by atoms with Gasteiger partial charge in [0.2, 0.25) is 5.95 Å². The normalized spacial score (nSPS) is 20.6. The second-order valence-electron chi connectivity index (χ2n) is 10.3. The molecule has 0 radical (unpaired) electrons. The van der Waals surface area contributed by atoms with E-state index in [4.69, 9.17) is 4.74 Å². The van der Waals surface area contributed by atoms with E-state index in [1.54, 1.807) is 30.6 Å². The fourth-order valence-electron chi connectivity index (χ4n) is 5.76. The van der Waals surface area contributed by atoms with E-state index in [0.717, 1.165) is 47.4 Å². The first kappa shape index (κ1) is 24.3. The first-order chi connectivity index (χ1) is 18.2. The van der Waals surface area contributed by atoms with Crippen molar-refractivity contribution in [3.05, 3.63) is 71.9 Å². The molecule has 2 unspecified atom stereocenters. The van der Waals surface area contributed by atoms with Crippen molar-refractivity contribution in [1.82, 2.24) is 14.5 Å². The second-order valence-corrected chi connectivity index (χ2v) is 10.3. The van der Waals surface area contributed by atoms with Gasteiger partial charge in [-0.15, -0.1) is 0 Å². The number of pyridine rings is 1. The lowest BCUT2D eigenvalue weighted by atomic mass is 9.98. The van der Waals surface area contributed by atoms with Gasteiger partial charge in [0.05, 0.1) is 5.41 Å². The van der Waals surface area contributed by atoms with Crippen LogP contribution < -0.4 is 14.0 Å². The van der Waals surface area contributed by atoms with Crippen LogP contribution in [0.3, 0.4) is 0 Å². The molecular formula is C28H28F2N5O3+. The van der Waals surface area contributed by atoms with Crippen LogP contribution in [0.4, 0.5) is 14.7 Å². The van der Waals surface area contributed by atoms with Gasteiger partial charge in [-0.3, -0.25) is 4.79 Å². The van der Waals surface area contributed by atoms with Crippen molar-refractivity contribution in [3.8, 4) is 16.9 Å². The number of alkyl halides is 2. The van der Waals surface area contributed by atoms with E-state index in [-0.39, 0.29) is 11.7 Å². The average Bonchev–Trinajstić information content (AvgIpc) is 3.57. The molecule has 1 saturated carbocycles. The summed E-state index contributed by atoms with van der Waals surface area (Å²) >= 11 is 0. The number of benzene rings is 1. The number of hydrogen-bond acceptors (Lipinski definition) is 5. The van der Waals surface area contributed by atoms with Crippen LogP contribution in [0.15, 0.2) is 55.1 Å². The molecule has 3 aromatic heterocycles. The molecule has 4 heterocycles. The molecule has 1 N–H and O–H groups in total. The number of rotatable bonds is 7. The van der Waals surface area contributed by atoms with E-state index in [1.807, 2.05) is 41.6 Å². The zero-order valence-corrected chi connectivity index (χ0v) is 21.1. The van der Waals surface area contributed by atoms with Crippen molar-refractivity contribution in [1.29, 1.82) is 0 Å². The number of anilines is 1. The van der Waals surface area contributed by atoms with Gasteiger partial charge in [0.15, 0.2) is 0 Å². The van der Waals surface area contributed by atoms with Crippen LogP contribution in [0.2, 0.25) is 0 Å². The highest BCUT2D eigenvalue weighted by molar-refractivity contribution is 5.80. The summed E-state index contributed by atoms with van der Waals surface area (Å²) in [5, 5.41) is 9.66. The van der Waals surface area contributed by atoms with Gasteiger partial charge < -0.3 is 14.7 Å². The first-order valence-corrected chi connectivity index (χ1v) is 12.6. The quantitative estimate of drug-likeness (QED) is 0.367. The Bertz CT molecular complexity index is 1540. The summed E-state index contributed by atoms with van der Waals surface area (Å²) in [5.41, 5.74) is 4.75. The number of imidazole rings is 1. The minimum Gasteiger partial charge on any atom is -0.481 e. The largest absolute Gasteiger partial charge is 0.481 e. The molecule has 38 heavy (non-hydrogen) atoms. The Hall–Kier alpha value is -4.08. The van der Waals surface area contributed by atoms with E-state index >= 15 is 0 Å². The van der Waals surface area contributed by atoms with Crippen molar-refractivity contribution in [2.75, 3.05) is 18.0 Å². The summed E-state index contributed by atoms with van der Waals surface area (Å²) in [5.74, 6) is 0.261. The minimum absolute atomic E-state index is 0.166. The SMILES string of the molecule is Cc1cc2n(Cc3ccccc3OC(F)F)c(C)c[n+]2cc1-c1cnc(N2CCC3CC3(C(=O)O)C2)nc1. The van der Waals surface area contributed by atoms with Gasteiger partial charge in [0, 0.05) is 55.2 Å². The lowest BCUT2D eigenvalue weighted by Gasteiger charge is -2.30. The third-order valence-corrected chi connectivity index (χ3v) is 7.96. The highest BCUT2D eigenvalue weighted by Gasteiger charge is 2.62. The number of carboxylic acid groups (broad SMARTS) is 1. The number of ether oxygens (including phenoxy) is 1. The van der Waals surface area contributed by atoms with Crippen LogP contribution in [0.1, 0.15) is 29.7 Å². The summed E-state index contributed by atoms with van der Waals surface area (Å²) < 4.78 is 34.6. The number of hydrogen-bond donors (Lipinski definition) is 1. The summed E-state index contributed by atoms with van der Waals surface area (Å²) in [4.78, 5) is 22.9. The van der Waals surface area contributed by atoms with E-state index in [1.165, 1.54) is 0 Å². The lowest BCUT2D eigenvalue weighted by Crippen LogP contribution is -2.41. The average molecular weight is 521 g/mol. The van der Waals surface area contributed by atoms with E-state index in [2.05, 4.69) is 20.6 Å². The zero-order valence-electron chi connectivity index (χ0n) is 21.1. The molecule has 2 fully saturated rings. The summed E-state index contributed by atoms with van der Waals surface area (Å²) in [6.07, 6.45) is 9.16. The Morgan fingerprint density at radius 1 is 1.24 bits per heavy atom. The van der Waals surface area contributed by atoms with Crippen LogP contribution >= 0.6 is 0 Å². The Morgan fingerprint density at radius 3 is 2.74 bits per heavy atom. The predicted molar refractivity (Wildman–Crippen MR) is 135 cm³/mol. The van der Waals surface area contributed by atoms with Gasteiger partial charge >= 0.3 is 12.6 Å². The number of piperidine rings is 1. The Morgan fingerprint density at radius 2 is 2.00 bits per heavy atom. The summed E-state index contributed by atoms with van der Waals surface area (Å²) in [7, 11) is 0. The number of aliphatic carboxylic acids is 1. The van der Waals surface area contributed by atoms with Crippen molar-refractivity contribution < 1.29 is 27.8 Å². The molecule has 1 saturated heterocycles. The molecule has 0 spiro atoms. The molecular weight excluding hydrogens is 492 g/mol. The van der Waals surface area contributed by atoms with Gasteiger partial charge in [-0.25, -0.2) is 18.9 Å². The van der Waals surface area contributed by atoms with Gasteiger partial charge in [-0.1, -0.05) is 18.2 Å². The Labute approximate surface area is 218 Å². The third-order valence-electron chi connectivity index (χ3n) is 7.96. The number of fused-ring (bicyclic) bond motifs is 2. The fourth-order valence-corrected chi connectivity index (χ4v) is 5.76. The third kappa shape index (κ3) is 4.13. The van der Waals surface area contributed by atoms with Crippen LogP contribution in [-0.2, 0) is 11.3 Å². The summed E-state index contributed by atoms with van der Waals surface area (Å²) in [6, 6.07) is 8.89. The number of aryl methyl sites for hydroxylation is 2. The minimum atomic E-state index is -2.88. The lowest BCUT2D eigenvalue weighted by molar-refractivity contribution is -0.510. The predicted octanol–water partition coefficient (Wildman–Crippen LogP) is 4.25. The highest BCUT2D eigenvalue weighted by Crippen LogP contribution is 2.57. The molecule has 0 bridgehead atoms. The molecule has 8 nitrogen and oxygen atoms in total. The smallest absolute Gasteiger partial charge is 0.387 e. The molecule has 10 heteroatoms. The van der Waals surface area contributed by atoms with E-state index in [9.17, 15) is 18.7 Å². The van der Waals surface area contributed by atoms with Gasteiger partial charge in [0.25, 0.3) is 5.65 Å². The fraction of sp³-hybridized carbons (Fsp3) is 0.357. The molecule has 0 amide bonds. The highest BCUT2D eigenvalue weighted by atomic mass is 19.3. The maximum atomic E-state index is 12.9. The monoisotopic (exact) mass is 520 g/mol. The molecule has 1 aliphatic heterocycles. The number of aromatic nitrogens is 4. The molecule has 6 rings (SSSR count). The molecule has 196 valence electrons. The van der Waals surface area contributed by atoms with Crippen LogP contribution in [0.5, 0.6) is 5.75 Å². The first-order valence-electron chi connectivity index (χ1n) is 12.6. The molecule has 2 atom stereocenters. The maximum Gasteiger partial charge on any atom is 0.387 e. The van der Waals surface area contributed by atoms with Crippen molar-refractivity contribution in [3.63, 3.8) is 0 Å². The number of para-hydroxylation sites is 1. The van der Waals surface area contributed by atoms with Crippen LogP contribution in [-0.4, -0.2) is 45.3 Å². The topological polar surface area (TPSA) is 84.6 Å². The molecule has 2 aliphatic rings. The second kappa shape index (κ2) is 9.04. The number of carboxylic acids is 1. The van der Waals surface area contributed by atoms with Gasteiger partial charge in [0.1, 0.15) is 30.4 Å². The van der Waals surface area contributed by atoms with Crippen LogP contribution in [0, 0.1) is 25.2 Å². The van der Waals surface area contributed by atoms with Crippen LogP contribution in [0.25, 0.3) is 16.8 Å². The van der Waals surface area contributed by atoms with Crippen molar-refractivity contribution in [2.24, 2.45) is 11.3 Å². The van der Waals surface area contributed by atoms with Gasteiger partial charge in [-0.2, -0.15) is 8.78 Å².